The second-order valence-electron chi connectivity index (χ2n) is 14.7. The lowest BCUT2D eigenvalue weighted by molar-refractivity contribution is 0.752. The molecule has 59 heavy (non-hydrogen) atoms. The molecule has 0 bridgehead atoms. The van der Waals surface area contributed by atoms with E-state index in [1.54, 1.807) is 0 Å². The Morgan fingerprint density at radius 3 is 1.92 bits per heavy atom. The zero-order chi connectivity index (χ0) is 41.4. The van der Waals surface area contributed by atoms with Gasteiger partial charge in [0.25, 0.3) is 0 Å². The molecule has 0 fully saturated rings. The van der Waals surface area contributed by atoms with E-state index in [-0.39, 0.29) is 0 Å². The van der Waals surface area contributed by atoms with Gasteiger partial charge in [0, 0.05) is 11.9 Å². The van der Waals surface area contributed by atoms with E-state index in [1.807, 2.05) is 50.3 Å². The first kappa shape index (κ1) is 40.4. The van der Waals surface area contributed by atoms with E-state index in [4.69, 9.17) is 5.41 Å². The second-order valence-corrected chi connectivity index (χ2v) is 14.7. The number of aryl methyl sites for hydroxylation is 1. The minimum absolute atomic E-state index is 0.475. The first-order valence-electron chi connectivity index (χ1n) is 21.0. The molecule has 0 aromatic heterocycles. The van der Waals surface area contributed by atoms with E-state index in [1.165, 1.54) is 84.4 Å². The molecular formula is C57H54N2. The molecular weight excluding hydrogens is 713 g/mol. The molecule has 0 amide bonds. The fourth-order valence-corrected chi connectivity index (χ4v) is 9.24. The van der Waals surface area contributed by atoms with Crippen LogP contribution in [-0.2, 0) is 11.8 Å². The van der Waals surface area contributed by atoms with Gasteiger partial charge in [-0.2, -0.15) is 0 Å². The number of nitrogens with zero attached hydrogens (tertiary/aromatic N) is 1. The van der Waals surface area contributed by atoms with Gasteiger partial charge in [-0.15, -0.1) is 0 Å². The quantitative estimate of drug-likeness (QED) is 0.115. The van der Waals surface area contributed by atoms with Crippen LogP contribution < -0.4 is 4.90 Å². The lowest BCUT2D eigenvalue weighted by Crippen LogP contribution is -2.36. The third-order valence-corrected chi connectivity index (χ3v) is 11.5. The number of rotatable bonds is 9. The van der Waals surface area contributed by atoms with Crippen molar-refractivity contribution < 1.29 is 0 Å². The van der Waals surface area contributed by atoms with Gasteiger partial charge in [0.15, 0.2) is 0 Å². The fourth-order valence-electron chi connectivity index (χ4n) is 9.24. The smallest absolute Gasteiger partial charge is 0.0754 e. The summed E-state index contributed by atoms with van der Waals surface area (Å²) < 4.78 is 0. The third kappa shape index (κ3) is 7.10. The Morgan fingerprint density at radius 1 is 0.661 bits per heavy atom. The van der Waals surface area contributed by atoms with Crippen molar-refractivity contribution >= 4 is 28.8 Å². The number of nitrogens with one attached hydrogen (secondary N) is 1. The Kier molecular flexibility index (Phi) is 12.5. The number of hydrogen-bond donors (Lipinski definition) is 1. The SMILES string of the molecule is C=C/C=C\C1=C(c2ccc3c(c2)C2(c4ccccc4-3)c3ccccc3N(c3ccccc3)c3ccccc32)CC(/C=C\C)=C1C=C.CC.CCCc1ccccc1C=N. The molecule has 292 valence electrons. The van der Waals surface area contributed by atoms with Crippen LogP contribution in [0.3, 0.4) is 0 Å². The van der Waals surface area contributed by atoms with Crippen LogP contribution in [0.4, 0.5) is 17.1 Å². The van der Waals surface area contributed by atoms with Crippen molar-refractivity contribution in [3.63, 3.8) is 0 Å². The Labute approximate surface area is 352 Å². The van der Waals surface area contributed by atoms with Crippen LogP contribution >= 0.6 is 0 Å². The molecule has 0 unspecified atom stereocenters. The van der Waals surface area contributed by atoms with Gasteiger partial charge < -0.3 is 10.3 Å². The molecule has 9 rings (SSSR count). The highest BCUT2D eigenvalue weighted by Gasteiger charge is 2.51. The minimum atomic E-state index is -0.475. The minimum Gasteiger partial charge on any atom is -0.310 e. The maximum Gasteiger partial charge on any atom is 0.0754 e. The van der Waals surface area contributed by atoms with Crippen LogP contribution in [0.1, 0.15) is 79.5 Å². The van der Waals surface area contributed by atoms with Crippen LogP contribution in [0.5, 0.6) is 0 Å². The Hall–Kier alpha value is -6.77. The summed E-state index contributed by atoms with van der Waals surface area (Å²) in [5.41, 5.74) is 19.6. The van der Waals surface area contributed by atoms with E-state index >= 15 is 0 Å². The molecule has 1 N–H and O–H groups in total. The van der Waals surface area contributed by atoms with Gasteiger partial charge in [0.1, 0.15) is 0 Å². The molecule has 0 saturated carbocycles. The average molecular weight is 767 g/mol. The third-order valence-electron chi connectivity index (χ3n) is 11.5. The van der Waals surface area contributed by atoms with Gasteiger partial charge in [-0.3, -0.25) is 0 Å². The molecule has 0 radical (unpaired) electrons. The van der Waals surface area contributed by atoms with Crippen molar-refractivity contribution in [3.05, 3.63) is 251 Å². The Bertz CT molecular complexity index is 2580. The first-order valence-corrected chi connectivity index (χ1v) is 21.0. The highest BCUT2D eigenvalue weighted by atomic mass is 15.2. The number of allylic oxidation sites excluding steroid dienone is 10. The monoisotopic (exact) mass is 766 g/mol. The van der Waals surface area contributed by atoms with E-state index in [2.05, 4.69) is 178 Å². The van der Waals surface area contributed by atoms with Crippen molar-refractivity contribution in [2.75, 3.05) is 4.90 Å². The Balaban J connectivity index is 0.000000351. The van der Waals surface area contributed by atoms with Gasteiger partial charge in [-0.25, -0.2) is 0 Å². The van der Waals surface area contributed by atoms with Crippen LogP contribution in [0.25, 0.3) is 16.7 Å². The van der Waals surface area contributed by atoms with E-state index < -0.39 is 5.41 Å². The number of fused-ring (bicyclic) bond motifs is 9. The molecule has 3 aliphatic rings. The zero-order valence-corrected chi connectivity index (χ0v) is 34.9. The molecule has 1 aliphatic heterocycles. The predicted molar refractivity (Wildman–Crippen MR) is 255 cm³/mol. The van der Waals surface area contributed by atoms with Gasteiger partial charge in [0.05, 0.1) is 16.8 Å². The molecule has 1 heterocycles. The molecule has 2 aliphatic carbocycles. The zero-order valence-electron chi connectivity index (χ0n) is 34.9. The van der Waals surface area contributed by atoms with Crippen molar-refractivity contribution in [2.24, 2.45) is 0 Å². The maximum atomic E-state index is 7.14. The first-order chi connectivity index (χ1) is 29.1. The second kappa shape index (κ2) is 18.2. The van der Waals surface area contributed by atoms with Crippen LogP contribution in [-0.4, -0.2) is 6.21 Å². The molecule has 1 spiro atoms. The molecule has 2 nitrogen and oxygen atoms in total. The summed E-state index contributed by atoms with van der Waals surface area (Å²) in [5.74, 6) is 0. The average Bonchev–Trinajstić information content (AvgIpc) is 3.80. The van der Waals surface area contributed by atoms with E-state index in [9.17, 15) is 0 Å². The van der Waals surface area contributed by atoms with Gasteiger partial charge in [-0.1, -0.05) is 192 Å². The molecule has 2 heteroatoms. The molecule has 6 aromatic carbocycles. The number of para-hydroxylation sites is 3. The standard InChI is InChI=1S/C45H35N.C10H13N.C2H6/c1-4-7-20-35-34(6-3)31(17-5-2)29-38(35)32-27-28-37-36-21-11-12-22-39(36)45(42(37)30-32)40-23-13-15-25-43(40)46(33-18-9-8-10-19-33)44-26-16-14-24-41(44)45;1-2-5-9-6-3-4-7-10(9)8-11;1-2/h4-28,30H,1,3,29H2,2H3;3-4,6-8,11H,2,5H2,1H3;1-2H3/b17-5-,20-7-;;. The number of benzene rings is 6. The lowest BCUT2D eigenvalue weighted by atomic mass is 9.64. The van der Waals surface area contributed by atoms with Crippen molar-refractivity contribution in [3.8, 4) is 11.1 Å². The molecule has 0 saturated heterocycles. The summed E-state index contributed by atoms with van der Waals surface area (Å²) in [6, 6.07) is 53.0. The van der Waals surface area contributed by atoms with E-state index in [0.717, 1.165) is 30.5 Å². The largest absolute Gasteiger partial charge is 0.310 e. The van der Waals surface area contributed by atoms with Crippen molar-refractivity contribution in [1.82, 2.24) is 0 Å². The van der Waals surface area contributed by atoms with Gasteiger partial charge in [-0.05, 0) is 122 Å². The lowest BCUT2D eigenvalue weighted by Gasteiger charge is -2.45. The summed E-state index contributed by atoms with van der Waals surface area (Å²) >= 11 is 0. The fraction of sp³-hybridized carbons (Fsp3) is 0.140. The topological polar surface area (TPSA) is 27.1 Å². The maximum absolute atomic E-state index is 7.14. The highest BCUT2D eigenvalue weighted by molar-refractivity contribution is 5.97. The Morgan fingerprint density at radius 2 is 1.27 bits per heavy atom. The molecule has 0 atom stereocenters. The predicted octanol–water partition coefficient (Wildman–Crippen LogP) is 15.5. The summed E-state index contributed by atoms with van der Waals surface area (Å²) in [7, 11) is 0. The number of anilines is 3. The van der Waals surface area contributed by atoms with Gasteiger partial charge >= 0.3 is 0 Å². The normalized spacial score (nSPS) is 14.2. The summed E-state index contributed by atoms with van der Waals surface area (Å²) in [5, 5.41) is 7.14. The van der Waals surface area contributed by atoms with Crippen molar-refractivity contribution in [2.45, 2.75) is 52.4 Å². The van der Waals surface area contributed by atoms with Gasteiger partial charge in [0.2, 0.25) is 0 Å². The highest BCUT2D eigenvalue weighted by Crippen LogP contribution is 2.63. The number of hydrogen-bond acceptors (Lipinski definition) is 2. The molecule has 6 aromatic rings. The van der Waals surface area contributed by atoms with Crippen LogP contribution in [0, 0.1) is 5.41 Å². The van der Waals surface area contributed by atoms with Crippen molar-refractivity contribution in [1.29, 1.82) is 5.41 Å². The van der Waals surface area contributed by atoms with Crippen LogP contribution in [0.2, 0.25) is 0 Å². The summed E-state index contributed by atoms with van der Waals surface area (Å²) in [4.78, 5) is 2.43. The van der Waals surface area contributed by atoms with Crippen LogP contribution in [0.15, 0.2) is 212 Å². The van der Waals surface area contributed by atoms with E-state index in [0.29, 0.717) is 0 Å². The summed E-state index contributed by atoms with van der Waals surface area (Å²) in [6.45, 7) is 16.4. The summed E-state index contributed by atoms with van der Waals surface area (Å²) in [6.07, 6.45) is 16.9.